The molecular weight excluding hydrogens is 382 g/mol. The van der Waals surface area contributed by atoms with Gasteiger partial charge in [0.2, 0.25) is 11.3 Å². The van der Waals surface area contributed by atoms with Gasteiger partial charge in [-0.05, 0) is 36.2 Å². The summed E-state index contributed by atoms with van der Waals surface area (Å²) in [6.45, 7) is 2.32. The third-order valence-corrected chi connectivity index (χ3v) is 5.33. The van der Waals surface area contributed by atoms with Crippen LogP contribution in [0, 0.1) is 0 Å². The van der Waals surface area contributed by atoms with Crippen LogP contribution in [0.25, 0.3) is 23.1 Å². The standard InChI is InChI=1S/C27H25N3O/c1-19(28)27(31)26-17-22(14-11-20-12-15-23(29)16-13-20)24-9-5-6-10-25(24)30(26)18-21-7-3-2-4-8-21/h2-17,19,29H,18,28H2,1H3/p+1. The molecule has 0 saturated heterocycles. The molecule has 0 bridgehead atoms. The zero-order chi connectivity index (χ0) is 21.8. The molecule has 0 aliphatic heterocycles. The molecule has 4 aromatic rings. The van der Waals surface area contributed by atoms with Crippen LogP contribution in [-0.4, -0.2) is 11.8 Å². The van der Waals surface area contributed by atoms with Crippen LogP contribution in [0.4, 0.5) is 5.69 Å². The van der Waals surface area contributed by atoms with Crippen LogP contribution in [0.5, 0.6) is 0 Å². The van der Waals surface area contributed by atoms with E-state index >= 15 is 0 Å². The first kappa shape index (κ1) is 20.5. The Bertz CT molecular complexity index is 1240. The lowest BCUT2D eigenvalue weighted by atomic mass is 10.0. The van der Waals surface area contributed by atoms with Crippen LogP contribution < -0.4 is 16.0 Å². The van der Waals surface area contributed by atoms with Crippen molar-refractivity contribution in [3.63, 3.8) is 0 Å². The van der Waals surface area contributed by atoms with Gasteiger partial charge in [-0.25, -0.2) is 0 Å². The summed E-state index contributed by atoms with van der Waals surface area (Å²) in [6, 6.07) is 27.4. The summed E-state index contributed by atoms with van der Waals surface area (Å²) in [4.78, 5) is 13.1. The summed E-state index contributed by atoms with van der Waals surface area (Å²) >= 11 is 0. The number of benzene rings is 3. The van der Waals surface area contributed by atoms with E-state index < -0.39 is 6.04 Å². The maximum atomic E-state index is 13.1. The molecule has 1 atom stereocenters. The highest BCUT2D eigenvalue weighted by molar-refractivity contribution is 6.00. The molecule has 4 rings (SSSR count). The molecule has 0 radical (unpaired) electrons. The number of nitrogens with two attached hydrogens (primary N) is 2. The lowest BCUT2D eigenvalue weighted by Crippen LogP contribution is -2.45. The molecular formula is C27H26N3O+. The Morgan fingerprint density at radius 3 is 2.32 bits per heavy atom. The maximum absolute atomic E-state index is 13.1. The second kappa shape index (κ2) is 8.94. The van der Waals surface area contributed by atoms with E-state index in [9.17, 15) is 4.79 Å². The van der Waals surface area contributed by atoms with E-state index in [0.717, 1.165) is 33.3 Å². The SMILES string of the molecule is CC(N)C(=O)c1cc(C=Cc2ccc(N)cc2)c2ccccc2[n+]1Cc1ccccc1. The second-order valence-corrected chi connectivity index (χ2v) is 7.73. The van der Waals surface area contributed by atoms with E-state index in [-0.39, 0.29) is 5.78 Å². The van der Waals surface area contributed by atoms with Gasteiger partial charge in [-0.3, -0.25) is 4.79 Å². The number of nitrogen functional groups attached to an aromatic ring is 1. The molecule has 0 aliphatic carbocycles. The average Bonchev–Trinajstić information content (AvgIpc) is 2.79. The topological polar surface area (TPSA) is 73.0 Å². The van der Waals surface area contributed by atoms with Gasteiger partial charge >= 0.3 is 0 Å². The number of hydrogen-bond donors (Lipinski definition) is 2. The predicted molar refractivity (Wildman–Crippen MR) is 127 cm³/mol. The highest BCUT2D eigenvalue weighted by atomic mass is 16.1. The van der Waals surface area contributed by atoms with Crippen molar-refractivity contribution in [2.75, 3.05) is 5.73 Å². The van der Waals surface area contributed by atoms with Crippen molar-refractivity contribution >= 4 is 34.5 Å². The first-order valence-electron chi connectivity index (χ1n) is 10.4. The van der Waals surface area contributed by atoms with Gasteiger partial charge < -0.3 is 11.5 Å². The minimum absolute atomic E-state index is 0.0798. The van der Waals surface area contributed by atoms with Crippen LogP contribution in [0.2, 0.25) is 0 Å². The smallest absolute Gasteiger partial charge is 0.251 e. The van der Waals surface area contributed by atoms with E-state index in [4.69, 9.17) is 11.5 Å². The quantitative estimate of drug-likeness (QED) is 0.281. The molecule has 1 heterocycles. The van der Waals surface area contributed by atoms with E-state index in [2.05, 4.69) is 28.8 Å². The van der Waals surface area contributed by atoms with Crippen LogP contribution in [-0.2, 0) is 6.54 Å². The summed E-state index contributed by atoms with van der Waals surface area (Å²) in [7, 11) is 0. The number of hydrogen-bond acceptors (Lipinski definition) is 3. The maximum Gasteiger partial charge on any atom is 0.251 e. The van der Waals surface area contributed by atoms with E-state index in [1.165, 1.54) is 0 Å². The molecule has 4 nitrogen and oxygen atoms in total. The highest BCUT2D eigenvalue weighted by Gasteiger charge is 2.26. The first-order chi connectivity index (χ1) is 15.0. The molecule has 31 heavy (non-hydrogen) atoms. The van der Waals surface area contributed by atoms with Gasteiger partial charge in [-0.1, -0.05) is 66.7 Å². The van der Waals surface area contributed by atoms with Gasteiger partial charge in [0, 0.05) is 23.4 Å². The van der Waals surface area contributed by atoms with Crippen molar-refractivity contribution in [2.45, 2.75) is 19.5 Å². The van der Waals surface area contributed by atoms with Gasteiger partial charge in [0.15, 0.2) is 6.54 Å². The van der Waals surface area contributed by atoms with Gasteiger partial charge in [0.25, 0.3) is 5.69 Å². The number of fused-ring (bicyclic) bond motifs is 1. The zero-order valence-corrected chi connectivity index (χ0v) is 17.5. The van der Waals surface area contributed by atoms with Gasteiger partial charge in [-0.15, -0.1) is 0 Å². The Hall–Kier alpha value is -3.76. The van der Waals surface area contributed by atoms with Gasteiger partial charge in [0.05, 0.1) is 11.4 Å². The molecule has 1 unspecified atom stereocenters. The highest BCUT2D eigenvalue weighted by Crippen LogP contribution is 2.21. The molecule has 4 N–H and O–H groups in total. The first-order valence-corrected chi connectivity index (χ1v) is 10.4. The fourth-order valence-corrected chi connectivity index (χ4v) is 3.69. The molecule has 1 aromatic heterocycles. The second-order valence-electron chi connectivity index (χ2n) is 7.73. The van der Waals surface area contributed by atoms with Crippen LogP contribution in [0.3, 0.4) is 0 Å². The lowest BCUT2D eigenvalue weighted by Gasteiger charge is -2.11. The minimum atomic E-state index is -0.586. The number of carbonyl (C=O) groups excluding carboxylic acids is 1. The number of ketones is 1. The largest absolute Gasteiger partial charge is 0.399 e. The number of anilines is 1. The number of carbonyl (C=O) groups is 1. The Morgan fingerprint density at radius 1 is 0.935 bits per heavy atom. The lowest BCUT2D eigenvalue weighted by molar-refractivity contribution is -0.664. The third kappa shape index (κ3) is 4.55. The monoisotopic (exact) mass is 408 g/mol. The molecule has 0 aliphatic rings. The summed E-state index contributed by atoms with van der Waals surface area (Å²) in [5, 5.41) is 1.08. The predicted octanol–water partition coefficient (Wildman–Crippen LogP) is 4.46. The van der Waals surface area contributed by atoms with Crippen LogP contribution >= 0.6 is 0 Å². The number of rotatable bonds is 6. The Labute approximate surface area is 182 Å². The van der Waals surface area contributed by atoms with Gasteiger partial charge in [-0.2, -0.15) is 4.57 Å². The van der Waals surface area contributed by atoms with E-state index in [1.54, 1.807) is 6.92 Å². The Morgan fingerprint density at radius 2 is 1.61 bits per heavy atom. The number of pyridine rings is 1. The zero-order valence-electron chi connectivity index (χ0n) is 17.5. The summed E-state index contributed by atoms with van der Waals surface area (Å²) in [6.07, 6.45) is 4.07. The summed E-state index contributed by atoms with van der Waals surface area (Å²) in [5.41, 5.74) is 17.3. The van der Waals surface area contributed by atoms with Crippen molar-refractivity contribution in [1.82, 2.24) is 0 Å². The molecule has 0 saturated carbocycles. The van der Waals surface area contributed by atoms with Crippen molar-refractivity contribution < 1.29 is 9.36 Å². The van der Waals surface area contributed by atoms with Crippen molar-refractivity contribution in [3.8, 4) is 0 Å². The number of para-hydroxylation sites is 1. The Balaban J connectivity index is 1.88. The molecule has 0 fully saturated rings. The van der Waals surface area contributed by atoms with Crippen LogP contribution in [0.15, 0.2) is 84.9 Å². The summed E-state index contributed by atoms with van der Waals surface area (Å²) in [5.74, 6) is -0.0798. The van der Waals surface area contributed by atoms with Crippen LogP contribution in [0.1, 0.15) is 34.1 Å². The molecule has 154 valence electrons. The van der Waals surface area contributed by atoms with Crippen molar-refractivity contribution in [2.24, 2.45) is 5.73 Å². The number of Topliss-reactive ketones (excluding diaryl/α,β-unsaturated/α-hetero) is 1. The average molecular weight is 409 g/mol. The molecule has 4 heteroatoms. The summed E-state index contributed by atoms with van der Waals surface area (Å²) < 4.78 is 2.07. The molecule has 0 amide bonds. The fraction of sp³-hybridized carbons (Fsp3) is 0.111. The number of aromatic nitrogens is 1. The van der Waals surface area contributed by atoms with Gasteiger partial charge in [0.1, 0.15) is 0 Å². The fourth-order valence-electron chi connectivity index (χ4n) is 3.69. The van der Waals surface area contributed by atoms with Crippen molar-refractivity contribution in [1.29, 1.82) is 0 Å². The van der Waals surface area contributed by atoms with E-state index in [1.807, 2.05) is 72.8 Å². The molecule has 0 spiro atoms. The molecule has 3 aromatic carbocycles. The Kier molecular flexibility index (Phi) is 5.92. The van der Waals surface area contributed by atoms with Crippen molar-refractivity contribution in [3.05, 3.63) is 107 Å². The van der Waals surface area contributed by atoms with E-state index in [0.29, 0.717) is 12.2 Å². The normalized spacial score (nSPS) is 12.3. The third-order valence-electron chi connectivity index (χ3n) is 5.33. The number of nitrogens with zero attached hydrogens (tertiary/aromatic N) is 1. The minimum Gasteiger partial charge on any atom is -0.399 e.